The zero-order chi connectivity index (χ0) is 19.1. The van der Waals surface area contributed by atoms with Gasteiger partial charge in [0.25, 0.3) is 0 Å². The molecule has 2 aromatic rings. The molecule has 0 aromatic heterocycles. The molecule has 0 heterocycles. The number of anilines is 2. The summed E-state index contributed by atoms with van der Waals surface area (Å²) in [6.45, 7) is -0.0755. The summed E-state index contributed by atoms with van der Waals surface area (Å²) in [6.07, 6.45) is 0. The van der Waals surface area contributed by atoms with Crippen molar-refractivity contribution in [2.24, 2.45) is 0 Å². The molecule has 7 nitrogen and oxygen atoms in total. The van der Waals surface area contributed by atoms with Crippen molar-refractivity contribution in [1.29, 1.82) is 0 Å². The van der Waals surface area contributed by atoms with Gasteiger partial charge in [-0.3, -0.25) is 4.79 Å². The summed E-state index contributed by atoms with van der Waals surface area (Å²) in [6, 6.07) is 11.0. The number of hydrogen-bond donors (Lipinski definition) is 2. The Morgan fingerprint density at radius 1 is 0.885 bits per heavy atom. The molecule has 0 spiro atoms. The third kappa shape index (κ3) is 5.22. The van der Waals surface area contributed by atoms with E-state index >= 15 is 0 Å². The van der Waals surface area contributed by atoms with E-state index in [2.05, 4.69) is 20.1 Å². The Morgan fingerprint density at radius 3 is 1.92 bits per heavy atom. The van der Waals surface area contributed by atoms with Crippen LogP contribution >= 0.6 is 11.6 Å². The first-order valence-electron chi connectivity index (χ1n) is 7.54. The summed E-state index contributed by atoms with van der Waals surface area (Å²) in [7, 11) is 2.47. The maximum atomic E-state index is 12.0. The van der Waals surface area contributed by atoms with E-state index in [9.17, 15) is 14.4 Å². The molecule has 0 unspecified atom stereocenters. The SMILES string of the molecule is COC(=O)c1cc(NCC(=O)Nc2ccc(Cl)cc2)cc(C(=O)OC)c1. The van der Waals surface area contributed by atoms with E-state index in [1.807, 2.05) is 0 Å². The summed E-state index contributed by atoms with van der Waals surface area (Å²) in [5, 5.41) is 6.12. The second kappa shape index (κ2) is 8.87. The van der Waals surface area contributed by atoms with Crippen LogP contribution in [0.4, 0.5) is 11.4 Å². The van der Waals surface area contributed by atoms with Crippen molar-refractivity contribution in [3.05, 3.63) is 58.6 Å². The molecule has 0 saturated carbocycles. The molecule has 26 heavy (non-hydrogen) atoms. The largest absolute Gasteiger partial charge is 0.465 e. The Bertz CT molecular complexity index is 787. The normalized spacial score (nSPS) is 9.96. The average Bonchev–Trinajstić information content (AvgIpc) is 2.66. The minimum absolute atomic E-state index is 0.0755. The molecule has 0 saturated heterocycles. The summed E-state index contributed by atoms with van der Waals surface area (Å²) >= 11 is 5.79. The molecule has 136 valence electrons. The lowest BCUT2D eigenvalue weighted by Crippen LogP contribution is -2.22. The van der Waals surface area contributed by atoms with Crippen molar-refractivity contribution in [3.63, 3.8) is 0 Å². The van der Waals surface area contributed by atoms with Gasteiger partial charge in [0.1, 0.15) is 0 Å². The summed E-state index contributed by atoms with van der Waals surface area (Å²) in [4.78, 5) is 35.5. The number of ether oxygens (including phenoxy) is 2. The predicted molar refractivity (Wildman–Crippen MR) is 97.7 cm³/mol. The van der Waals surface area contributed by atoms with Gasteiger partial charge in [0.05, 0.1) is 31.9 Å². The number of amides is 1. The average molecular weight is 377 g/mol. The molecule has 2 rings (SSSR count). The Balaban J connectivity index is 2.09. The van der Waals surface area contributed by atoms with Crippen LogP contribution in [0.25, 0.3) is 0 Å². The van der Waals surface area contributed by atoms with Crippen LogP contribution in [-0.4, -0.2) is 38.6 Å². The third-order valence-corrected chi connectivity index (χ3v) is 3.61. The van der Waals surface area contributed by atoms with Gasteiger partial charge in [-0.05, 0) is 42.5 Å². The molecule has 8 heteroatoms. The number of nitrogens with one attached hydrogen (secondary N) is 2. The van der Waals surface area contributed by atoms with Crippen molar-refractivity contribution in [3.8, 4) is 0 Å². The van der Waals surface area contributed by atoms with E-state index in [-0.39, 0.29) is 23.6 Å². The Kier molecular flexibility index (Phi) is 6.57. The van der Waals surface area contributed by atoms with Crippen molar-refractivity contribution in [1.82, 2.24) is 0 Å². The van der Waals surface area contributed by atoms with Crippen LogP contribution in [-0.2, 0) is 14.3 Å². The number of methoxy groups -OCH3 is 2. The number of carbonyl (C=O) groups excluding carboxylic acids is 3. The van der Waals surface area contributed by atoms with Crippen molar-refractivity contribution in [2.45, 2.75) is 0 Å². The molecule has 0 fully saturated rings. The second-order valence-corrected chi connectivity index (χ2v) is 5.63. The molecule has 0 aliphatic carbocycles. The lowest BCUT2D eigenvalue weighted by molar-refractivity contribution is -0.114. The quantitative estimate of drug-likeness (QED) is 0.753. The van der Waals surface area contributed by atoms with E-state index in [0.29, 0.717) is 16.4 Å². The minimum atomic E-state index is -0.607. The monoisotopic (exact) mass is 376 g/mol. The van der Waals surface area contributed by atoms with Gasteiger partial charge >= 0.3 is 11.9 Å². The van der Waals surface area contributed by atoms with Gasteiger partial charge in [-0.25, -0.2) is 9.59 Å². The van der Waals surface area contributed by atoms with E-state index in [1.54, 1.807) is 24.3 Å². The highest BCUT2D eigenvalue weighted by Crippen LogP contribution is 2.17. The first-order chi connectivity index (χ1) is 12.4. The van der Waals surface area contributed by atoms with Crippen LogP contribution in [0.5, 0.6) is 0 Å². The van der Waals surface area contributed by atoms with E-state index in [4.69, 9.17) is 11.6 Å². The Hall–Kier alpha value is -3.06. The van der Waals surface area contributed by atoms with Crippen LogP contribution in [0.15, 0.2) is 42.5 Å². The molecule has 0 bridgehead atoms. The second-order valence-electron chi connectivity index (χ2n) is 5.19. The molecule has 2 aromatic carbocycles. The zero-order valence-corrected chi connectivity index (χ0v) is 14.9. The Labute approximate surface area is 155 Å². The molecule has 0 aliphatic heterocycles. The van der Waals surface area contributed by atoms with Crippen LogP contribution in [0.1, 0.15) is 20.7 Å². The van der Waals surface area contributed by atoms with Gasteiger partial charge in [0.15, 0.2) is 0 Å². The van der Waals surface area contributed by atoms with E-state index < -0.39 is 11.9 Å². The maximum Gasteiger partial charge on any atom is 0.337 e. The van der Waals surface area contributed by atoms with Crippen molar-refractivity contribution >= 4 is 40.8 Å². The number of carbonyl (C=O) groups is 3. The number of benzene rings is 2. The number of halogens is 1. The van der Waals surface area contributed by atoms with Gasteiger partial charge < -0.3 is 20.1 Å². The van der Waals surface area contributed by atoms with Gasteiger partial charge in [-0.2, -0.15) is 0 Å². The molecule has 0 aliphatic rings. The molecule has 2 N–H and O–H groups in total. The fraction of sp³-hybridized carbons (Fsp3) is 0.167. The first-order valence-corrected chi connectivity index (χ1v) is 7.91. The van der Waals surface area contributed by atoms with Gasteiger partial charge in [0.2, 0.25) is 5.91 Å². The molecule has 0 atom stereocenters. The minimum Gasteiger partial charge on any atom is -0.465 e. The standard InChI is InChI=1S/C18H17ClN2O5/c1-25-17(23)11-7-12(18(24)26-2)9-15(8-11)20-10-16(22)21-14-5-3-13(19)4-6-14/h3-9,20H,10H2,1-2H3,(H,21,22). The van der Waals surface area contributed by atoms with Crippen LogP contribution in [0, 0.1) is 0 Å². The van der Waals surface area contributed by atoms with Crippen LogP contribution in [0.3, 0.4) is 0 Å². The highest BCUT2D eigenvalue weighted by molar-refractivity contribution is 6.30. The van der Waals surface area contributed by atoms with Gasteiger partial charge in [-0.1, -0.05) is 11.6 Å². The van der Waals surface area contributed by atoms with Crippen LogP contribution < -0.4 is 10.6 Å². The number of esters is 2. The lowest BCUT2D eigenvalue weighted by Gasteiger charge is -2.11. The highest BCUT2D eigenvalue weighted by atomic mass is 35.5. The zero-order valence-electron chi connectivity index (χ0n) is 14.2. The smallest absolute Gasteiger partial charge is 0.337 e. The van der Waals surface area contributed by atoms with Gasteiger partial charge in [-0.15, -0.1) is 0 Å². The van der Waals surface area contributed by atoms with E-state index in [0.717, 1.165) is 0 Å². The predicted octanol–water partition coefficient (Wildman–Crippen LogP) is 2.96. The fourth-order valence-corrected chi connectivity index (χ4v) is 2.25. The summed E-state index contributed by atoms with van der Waals surface area (Å²) < 4.78 is 9.33. The topological polar surface area (TPSA) is 93.7 Å². The lowest BCUT2D eigenvalue weighted by atomic mass is 10.1. The molecule has 1 amide bonds. The first kappa shape index (κ1) is 19.3. The third-order valence-electron chi connectivity index (χ3n) is 3.36. The van der Waals surface area contributed by atoms with Gasteiger partial charge in [0, 0.05) is 16.4 Å². The summed E-state index contributed by atoms with van der Waals surface area (Å²) in [5.74, 6) is -1.52. The van der Waals surface area contributed by atoms with Crippen molar-refractivity contribution < 1.29 is 23.9 Å². The summed E-state index contributed by atoms with van der Waals surface area (Å²) in [5.41, 5.74) is 1.33. The van der Waals surface area contributed by atoms with Crippen molar-refractivity contribution in [2.75, 3.05) is 31.4 Å². The highest BCUT2D eigenvalue weighted by Gasteiger charge is 2.14. The fourth-order valence-electron chi connectivity index (χ4n) is 2.12. The Morgan fingerprint density at radius 2 is 1.42 bits per heavy atom. The number of rotatable bonds is 6. The molecule has 0 radical (unpaired) electrons. The molecular weight excluding hydrogens is 360 g/mol. The van der Waals surface area contributed by atoms with Crippen LogP contribution in [0.2, 0.25) is 5.02 Å². The molecular formula is C18H17ClN2O5. The maximum absolute atomic E-state index is 12.0. The van der Waals surface area contributed by atoms with E-state index in [1.165, 1.54) is 32.4 Å². The number of hydrogen-bond acceptors (Lipinski definition) is 6.